The van der Waals surface area contributed by atoms with Crippen molar-refractivity contribution in [3.8, 4) is 0 Å². The highest BCUT2D eigenvalue weighted by Crippen LogP contribution is 2.59. The molecule has 1 spiro atoms. The molecule has 3 rings (SSSR count). The Morgan fingerprint density at radius 3 is 2.68 bits per heavy atom. The second-order valence-corrected chi connectivity index (χ2v) is 9.68. The molecule has 0 aromatic rings. The van der Waals surface area contributed by atoms with E-state index in [4.69, 9.17) is 9.47 Å². The molecule has 3 aliphatic rings. The smallest absolute Gasteiger partial charge is 0.312 e. The molecule has 0 aromatic carbocycles. The zero-order valence-electron chi connectivity index (χ0n) is 19.1. The van der Waals surface area contributed by atoms with E-state index < -0.39 is 41.1 Å². The number of aliphatic hydroxyl groups excluding tert-OH is 1. The quantitative estimate of drug-likeness (QED) is 0.334. The van der Waals surface area contributed by atoms with E-state index in [0.29, 0.717) is 38.8 Å². The lowest BCUT2D eigenvalue weighted by Gasteiger charge is -2.42. The van der Waals surface area contributed by atoms with Gasteiger partial charge in [-0.3, -0.25) is 14.4 Å². The van der Waals surface area contributed by atoms with Crippen LogP contribution in [0.2, 0.25) is 0 Å². The molecule has 8 nitrogen and oxygen atoms in total. The lowest BCUT2D eigenvalue weighted by atomic mass is 9.70. The Bertz CT molecular complexity index is 732. The minimum absolute atomic E-state index is 0.0177. The van der Waals surface area contributed by atoms with Gasteiger partial charge >= 0.3 is 5.97 Å². The predicted molar refractivity (Wildman–Crippen MR) is 114 cm³/mol. The number of nitrogens with zero attached hydrogens (tertiary/aromatic N) is 2. The number of esters is 1. The average molecular weight is 437 g/mol. The van der Waals surface area contributed by atoms with Crippen molar-refractivity contribution in [2.24, 2.45) is 11.8 Å². The van der Waals surface area contributed by atoms with E-state index >= 15 is 0 Å². The summed E-state index contributed by atoms with van der Waals surface area (Å²) in [5.74, 6) is -2.21. The van der Waals surface area contributed by atoms with Crippen LogP contribution in [0.3, 0.4) is 0 Å². The van der Waals surface area contributed by atoms with Gasteiger partial charge in [-0.25, -0.2) is 0 Å². The fourth-order valence-corrected chi connectivity index (χ4v) is 5.54. The molecular formula is C23H36N2O6. The van der Waals surface area contributed by atoms with Crippen LogP contribution in [0.25, 0.3) is 0 Å². The van der Waals surface area contributed by atoms with Gasteiger partial charge in [-0.15, -0.1) is 6.58 Å². The first kappa shape index (κ1) is 23.7. The summed E-state index contributed by atoms with van der Waals surface area (Å²) in [6.45, 7) is 12.3. The van der Waals surface area contributed by atoms with Crippen molar-refractivity contribution < 1.29 is 29.0 Å². The molecule has 0 aromatic heterocycles. The summed E-state index contributed by atoms with van der Waals surface area (Å²) in [5, 5.41) is 9.21. The first-order chi connectivity index (χ1) is 14.6. The highest BCUT2D eigenvalue weighted by molar-refractivity contribution is 5.98. The van der Waals surface area contributed by atoms with Gasteiger partial charge in [0, 0.05) is 25.2 Å². The Morgan fingerprint density at radius 1 is 1.39 bits per heavy atom. The molecule has 3 fully saturated rings. The molecule has 1 N–H and O–H groups in total. The van der Waals surface area contributed by atoms with Crippen LogP contribution in [-0.2, 0) is 23.9 Å². The number of hydrogen-bond acceptors (Lipinski definition) is 6. The minimum Gasteiger partial charge on any atom is -0.466 e. The molecule has 0 unspecified atom stereocenters. The molecule has 2 bridgehead atoms. The maximum Gasteiger partial charge on any atom is 0.312 e. The Labute approximate surface area is 184 Å². The summed E-state index contributed by atoms with van der Waals surface area (Å²) < 4.78 is 11.6. The number of hydrogen-bond donors (Lipinski definition) is 1. The van der Waals surface area contributed by atoms with E-state index in [9.17, 15) is 19.5 Å². The number of amides is 2. The lowest BCUT2D eigenvalue weighted by molar-refractivity contribution is -0.155. The maximum atomic E-state index is 13.9. The number of unbranched alkanes of at least 4 members (excludes halogenated alkanes) is 1. The Hall–Kier alpha value is -1.93. The molecule has 0 aliphatic carbocycles. The second kappa shape index (κ2) is 8.90. The highest BCUT2D eigenvalue weighted by atomic mass is 16.6. The number of fused-ring (bicyclic) bond motifs is 1. The topological polar surface area (TPSA) is 96.4 Å². The molecule has 31 heavy (non-hydrogen) atoms. The van der Waals surface area contributed by atoms with Crippen LogP contribution in [0.5, 0.6) is 0 Å². The van der Waals surface area contributed by atoms with Crippen molar-refractivity contribution in [3.63, 3.8) is 0 Å². The van der Waals surface area contributed by atoms with Crippen LogP contribution in [0, 0.1) is 11.8 Å². The van der Waals surface area contributed by atoms with E-state index in [1.54, 1.807) is 22.8 Å². The fraction of sp³-hybridized carbons (Fsp3) is 0.783. The number of aliphatic hydroxyl groups is 1. The second-order valence-electron chi connectivity index (χ2n) is 9.68. The summed E-state index contributed by atoms with van der Waals surface area (Å²) in [6.07, 6.45) is 3.56. The molecule has 8 heteroatoms. The summed E-state index contributed by atoms with van der Waals surface area (Å²) in [6, 6.07) is -0.799. The summed E-state index contributed by atoms with van der Waals surface area (Å²) in [5.41, 5.74) is -1.49. The lowest BCUT2D eigenvalue weighted by Crippen LogP contribution is -2.59. The number of carbonyl (C=O) groups excluding carboxylic acids is 3. The van der Waals surface area contributed by atoms with Crippen LogP contribution >= 0.6 is 0 Å². The summed E-state index contributed by atoms with van der Waals surface area (Å²) >= 11 is 0. The zero-order valence-corrected chi connectivity index (χ0v) is 19.1. The van der Waals surface area contributed by atoms with Gasteiger partial charge in [-0.1, -0.05) is 6.08 Å². The predicted octanol–water partition coefficient (Wildman–Crippen LogP) is 1.51. The Balaban J connectivity index is 2.02. The molecule has 2 amide bonds. The summed E-state index contributed by atoms with van der Waals surface area (Å²) in [4.78, 5) is 43.6. The molecule has 3 saturated heterocycles. The number of likely N-dealkylation sites (tertiary alicyclic amines) is 1. The van der Waals surface area contributed by atoms with Crippen LogP contribution in [0.1, 0.15) is 53.4 Å². The van der Waals surface area contributed by atoms with E-state index in [0.717, 1.165) is 0 Å². The van der Waals surface area contributed by atoms with Gasteiger partial charge in [-0.05, 0) is 53.4 Å². The number of carbonyl (C=O) groups is 3. The Morgan fingerprint density at radius 2 is 2.10 bits per heavy atom. The van der Waals surface area contributed by atoms with Crippen LogP contribution in [0.4, 0.5) is 0 Å². The van der Waals surface area contributed by atoms with Crippen LogP contribution in [0.15, 0.2) is 12.7 Å². The third kappa shape index (κ3) is 3.89. The van der Waals surface area contributed by atoms with Gasteiger partial charge in [-0.2, -0.15) is 0 Å². The molecule has 0 radical (unpaired) electrons. The monoisotopic (exact) mass is 436 g/mol. The molecule has 174 valence electrons. The van der Waals surface area contributed by atoms with Crippen molar-refractivity contribution in [2.45, 2.75) is 76.7 Å². The van der Waals surface area contributed by atoms with Crippen molar-refractivity contribution in [1.29, 1.82) is 0 Å². The molecule has 3 aliphatic heterocycles. The first-order valence-corrected chi connectivity index (χ1v) is 11.3. The van der Waals surface area contributed by atoms with E-state index in [2.05, 4.69) is 6.58 Å². The van der Waals surface area contributed by atoms with Crippen LogP contribution in [-0.4, -0.2) is 82.3 Å². The van der Waals surface area contributed by atoms with E-state index in [1.165, 1.54) is 0 Å². The van der Waals surface area contributed by atoms with E-state index in [-0.39, 0.29) is 25.0 Å². The molecule has 3 heterocycles. The standard InChI is InChI=1S/C23H36N2O6/c1-6-12-25(22(3,4)5)20(28)18-23-11-10-15(31-23)16(21(29)30-7-2)17(23)19(27)24(18)13-8-9-14-26/h6,15-18,26H,1,7-14H2,2-5H3/t15-,16+,17+,18-,23+/m1/s1. The molecule has 5 atom stereocenters. The Kier molecular flexibility index (Phi) is 6.81. The SMILES string of the molecule is C=CCN(C(=O)[C@H]1N(CCCCO)C(=O)[C@@H]2[C@@H](C(=O)OCC)[C@H]3CC[C@]21O3)C(C)(C)C. The zero-order chi connectivity index (χ0) is 23.0. The van der Waals surface area contributed by atoms with Gasteiger partial charge < -0.3 is 24.4 Å². The molecule has 0 saturated carbocycles. The number of rotatable bonds is 9. The third-order valence-corrected chi connectivity index (χ3v) is 6.79. The third-order valence-electron chi connectivity index (χ3n) is 6.79. The van der Waals surface area contributed by atoms with Gasteiger partial charge in [0.05, 0.1) is 24.5 Å². The normalized spacial score (nSPS) is 31.6. The first-order valence-electron chi connectivity index (χ1n) is 11.3. The van der Waals surface area contributed by atoms with Gasteiger partial charge in [0.15, 0.2) is 0 Å². The van der Waals surface area contributed by atoms with Gasteiger partial charge in [0.2, 0.25) is 11.8 Å². The average Bonchev–Trinajstić information content (AvgIpc) is 3.33. The highest BCUT2D eigenvalue weighted by Gasteiger charge is 2.75. The maximum absolute atomic E-state index is 13.9. The van der Waals surface area contributed by atoms with E-state index in [1.807, 2.05) is 20.8 Å². The fourth-order valence-electron chi connectivity index (χ4n) is 5.54. The minimum atomic E-state index is -1.01. The van der Waals surface area contributed by atoms with Gasteiger partial charge in [0.25, 0.3) is 0 Å². The van der Waals surface area contributed by atoms with Crippen molar-refractivity contribution in [2.75, 3.05) is 26.3 Å². The molecular weight excluding hydrogens is 400 g/mol. The van der Waals surface area contributed by atoms with Crippen LogP contribution < -0.4 is 0 Å². The largest absolute Gasteiger partial charge is 0.466 e. The van der Waals surface area contributed by atoms with Crippen molar-refractivity contribution >= 4 is 17.8 Å². The number of ether oxygens (including phenoxy) is 2. The van der Waals surface area contributed by atoms with Crippen molar-refractivity contribution in [1.82, 2.24) is 9.80 Å². The van der Waals surface area contributed by atoms with Gasteiger partial charge in [0.1, 0.15) is 11.6 Å². The van der Waals surface area contributed by atoms with Crippen molar-refractivity contribution in [3.05, 3.63) is 12.7 Å². The summed E-state index contributed by atoms with van der Waals surface area (Å²) in [7, 11) is 0.